The van der Waals surface area contributed by atoms with Gasteiger partial charge < -0.3 is 4.90 Å². The van der Waals surface area contributed by atoms with Gasteiger partial charge in [0, 0.05) is 44.5 Å². The molecule has 26 heavy (non-hydrogen) atoms. The molecule has 0 saturated carbocycles. The molecular weight excluding hydrogens is 343 g/mol. The van der Waals surface area contributed by atoms with Crippen LogP contribution >= 0.6 is 0 Å². The summed E-state index contributed by atoms with van der Waals surface area (Å²) in [6.07, 6.45) is -2.69. The van der Waals surface area contributed by atoms with Crippen molar-refractivity contribution >= 4 is 5.91 Å². The summed E-state index contributed by atoms with van der Waals surface area (Å²) in [6, 6.07) is 8.51. The van der Waals surface area contributed by atoms with Crippen molar-refractivity contribution in [2.75, 3.05) is 26.2 Å². The van der Waals surface area contributed by atoms with Crippen LogP contribution in [0.4, 0.5) is 13.2 Å². The Morgan fingerprint density at radius 1 is 1.12 bits per heavy atom. The monoisotopic (exact) mass is 363 g/mol. The van der Waals surface area contributed by atoms with E-state index in [0.717, 1.165) is 23.4 Å². The van der Waals surface area contributed by atoms with Crippen LogP contribution in [0.2, 0.25) is 0 Å². The fraction of sp³-hybridized carbons (Fsp3) is 0.368. The second-order valence-corrected chi connectivity index (χ2v) is 6.41. The summed E-state index contributed by atoms with van der Waals surface area (Å²) in [5.74, 6) is -0.357. The molecule has 1 aliphatic rings. The van der Waals surface area contributed by atoms with Gasteiger partial charge in [0.15, 0.2) is 0 Å². The summed E-state index contributed by atoms with van der Waals surface area (Å²) in [6.45, 7) is 5.03. The molecule has 4 nitrogen and oxygen atoms in total. The number of amides is 1. The highest BCUT2D eigenvalue weighted by atomic mass is 19.4. The van der Waals surface area contributed by atoms with Crippen LogP contribution in [0.1, 0.15) is 27.2 Å². The van der Waals surface area contributed by atoms with Gasteiger partial charge in [0.05, 0.1) is 11.3 Å². The second kappa shape index (κ2) is 7.45. The van der Waals surface area contributed by atoms with Crippen LogP contribution in [0.5, 0.6) is 0 Å². The number of benzene rings is 1. The Morgan fingerprint density at radius 3 is 2.50 bits per heavy atom. The first-order valence-corrected chi connectivity index (χ1v) is 8.44. The summed E-state index contributed by atoms with van der Waals surface area (Å²) < 4.78 is 38.5. The SMILES string of the molecule is Cc1cccnc1CN1CCN(C(=O)c2cccc(C(F)(F)F)c2)CC1. The lowest BCUT2D eigenvalue weighted by Crippen LogP contribution is -2.48. The topological polar surface area (TPSA) is 36.4 Å². The Hall–Kier alpha value is -2.41. The van der Waals surface area contributed by atoms with Crippen LogP contribution in [-0.4, -0.2) is 46.9 Å². The third kappa shape index (κ3) is 4.22. The number of rotatable bonds is 3. The second-order valence-electron chi connectivity index (χ2n) is 6.41. The van der Waals surface area contributed by atoms with Gasteiger partial charge in [-0.1, -0.05) is 12.1 Å². The van der Waals surface area contributed by atoms with E-state index >= 15 is 0 Å². The molecule has 1 amide bonds. The van der Waals surface area contributed by atoms with Gasteiger partial charge in [0.25, 0.3) is 5.91 Å². The van der Waals surface area contributed by atoms with E-state index in [1.165, 1.54) is 12.1 Å². The van der Waals surface area contributed by atoms with Gasteiger partial charge in [0.2, 0.25) is 0 Å². The number of pyridine rings is 1. The fourth-order valence-corrected chi connectivity index (χ4v) is 3.02. The highest BCUT2D eigenvalue weighted by Gasteiger charge is 2.31. The number of hydrogen-bond acceptors (Lipinski definition) is 3. The van der Waals surface area contributed by atoms with Crippen molar-refractivity contribution in [3.8, 4) is 0 Å². The zero-order chi connectivity index (χ0) is 18.7. The largest absolute Gasteiger partial charge is 0.416 e. The molecule has 2 aromatic rings. The molecule has 1 aromatic carbocycles. The molecule has 1 saturated heterocycles. The quantitative estimate of drug-likeness (QED) is 0.839. The van der Waals surface area contributed by atoms with Crippen LogP contribution in [0.15, 0.2) is 42.6 Å². The molecule has 3 rings (SSSR count). The normalized spacial score (nSPS) is 15.9. The summed E-state index contributed by atoms with van der Waals surface area (Å²) in [5.41, 5.74) is 1.40. The van der Waals surface area contributed by atoms with Crippen LogP contribution in [0.3, 0.4) is 0 Å². The number of aromatic nitrogens is 1. The molecule has 1 aromatic heterocycles. The van der Waals surface area contributed by atoms with E-state index < -0.39 is 11.7 Å². The van der Waals surface area contributed by atoms with Crippen molar-refractivity contribution in [2.45, 2.75) is 19.6 Å². The Kier molecular flexibility index (Phi) is 5.27. The highest BCUT2D eigenvalue weighted by molar-refractivity contribution is 5.94. The van der Waals surface area contributed by atoms with Crippen LogP contribution in [-0.2, 0) is 12.7 Å². The summed E-state index contributed by atoms with van der Waals surface area (Å²) >= 11 is 0. The minimum Gasteiger partial charge on any atom is -0.336 e. The fourth-order valence-electron chi connectivity index (χ4n) is 3.02. The maximum atomic E-state index is 12.8. The van der Waals surface area contributed by atoms with Gasteiger partial charge >= 0.3 is 6.18 Å². The molecule has 0 spiro atoms. The van der Waals surface area contributed by atoms with Crippen molar-refractivity contribution in [1.29, 1.82) is 0 Å². The minimum atomic E-state index is -4.45. The number of carbonyl (C=O) groups is 1. The van der Waals surface area contributed by atoms with Crippen molar-refractivity contribution in [3.05, 3.63) is 65.0 Å². The predicted molar refractivity (Wildman–Crippen MR) is 91.6 cm³/mol. The molecule has 0 atom stereocenters. The van der Waals surface area contributed by atoms with Crippen molar-refractivity contribution in [1.82, 2.24) is 14.8 Å². The highest BCUT2D eigenvalue weighted by Crippen LogP contribution is 2.29. The number of alkyl halides is 3. The zero-order valence-electron chi connectivity index (χ0n) is 14.5. The molecule has 1 fully saturated rings. The summed E-state index contributed by atoms with van der Waals surface area (Å²) in [5, 5.41) is 0. The Labute approximate surface area is 150 Å². The molecule has 0 aliphatic carbocycles. The van der Waals surface area contributed by atoms with Gasteiger partial charge in [-0.15, -0.1) is 0 Å². The number of halogens is 3. The molecule has 0 bridgehead atoms. The molecule has 0 N–H and O–H groups in total. The third-order valence-corrected chi connectivity index (χ3v) is 4.59. The number of piperazine rings is 1. The lowest BCUT2D eigenvalue weighted by molar-refractivity contribution is -0.137. The van der Waals surface area contributed by atoms with E-state index in [1.54, 1.807) is 11.1 Å². The molecular formula is C19H20F3N3O. The first kappa shape index (κ1) is 18.4. The van der Waals surface area contributed by atoms with Crippen molar-refractivity contribution in [2.24, 2.45) is 0 Å². The molecule has 2 heterocycles. The average Bonchev–Trinajstić information content (AvgIpc) is 2.63. The van der Waals surface area contributed by atoms with E-state index in [4.69, 9.17) is 0 Å². The Bertz CT molecular complexity index is 784. The van der Waals surface area contributed by atoms with Gasteiger partial charge in [-0.2, -0.15) is 13.2 Å². The van der Waals surface area contributed by atoms with Gasteiger partial charge in [-0.3, -0.25) is 14.7 Å². The van der Waals surface area contributed by atoms with Crippen LogP contribution in [0.25, 0.3) is 0 Å². The Morgan fingerprint density at radius 2 is 1.85 bits per heavy atom. The number of nitrogens with zero attached hydrogens (tertiary/aromatic N) is 3. The minimum absolute atomic E-state index is 0.0776. The predicted octanol–water partition coefficient (Wildman–Crippen LogP) is 3.37. The van der Waals surface area contributed by atoms with E-state index in [9.17, 15) is 18.0 Å². The van der Waals surface area contributed by atoms with Crippen LogP contribution < -0.4 is 0 Å². The summed E-state index contributed by atoms with van der Waals surface area (Å²) in [7, 11) is 0. The van der Waals surface area contributed by atoms with Gasteiger partial charge in [0.1, 0.15) is 0 Å². The molecule has 7 heteroatoms. The van der Waals surface area contributed by atoms with Crippen molar-refractivity contribution in [3.63, 3.8) is 0 Å². The number of carbonyl (C=O) groups excluding carboxylic acids is 1. The van der Waals surface area contributed by atoms with Gasteiger partial charge in [-0.25, -0.2) is 0 Å². The maximum Gasteiger partial charge on any atom is 0.416 e. The number of hydrogen-bond donors (Lipinski definition) is 0. The third-order valence-electron chi connectivity index (χ3n) is 4.59. The molecule has 1 aliphatic heterocycles. The maximum absolute atomic E-state index is 12.8. The zero-order valence-corrected chi connectivity index (χ0v) is 14.5. The van der Waals surface area contributed by atoms with E-state index in [1.807, 2.05) is 19.1 Å². The Balaban J connectivity index is 1.61. The number of aryl methyl sites for hydroxylation is 1. The molecule has 0 unspecified atom stereocenters. The standard InChI is InChI=1S/C19H20F3N3O/c1-14-4-3-7-23-17(14)13-24-8-10-25(11-9-24)18(26)15-5-2-6-16(12-15)19(20,21)22/h2-7,12H,8-11,13H2,1H3. The van der Waals surface area contributed by atoms with Crippen LogP contribution in [0, 0.1) is 6.92 Å². The molecule has 0 radical (unpaired) electrons. The van der Waals surface area contributed by atoms with E-state index in [0.29, 0.717) is 32.7 Å². The van der Waals surface area contributed by atoms with E-state index in [2.05, 4.69) is 9.88 Å². The average molecular weight is 363 g/mol. The summed E-state index contributed by atoms with van der Waals surface area (Å²) in [4.78, 5) is 20.7. The van der Waals surface area contributed by atoms with Crippen molar-refractivity contribution < 1.29 is 18.0 Å². The lowest BCUT2D eigenvalue weighted by Gasteiger charge is -2.34. The lowest BCUT2D eigenvalue weighted by atomic mass is 10.1. The first-order chi connectivity index (χ1) is 12.3. The first-order valence-electron chi connectivity index (χ1n) is 8.44. The molecule has 138 valence electrons. The van der Waals surface area contributed by atoms with E-state index in [-0.39, 0.29) is 11.5 Å². The van der Waals surface area contributed by atoms with Gasteiger partial charge in [-0.05, 0) is 36.8 Å². The smallest absolute Gasteiger partial charge is 0.336 e.